The lowest BCUT2D eigenvalue weighted by atomic mass is 10.1. The van der Waals surface area contributed by atoms with Gasteiger partial charge in [-0.25, -0.2) is 8.93 Å². The molecule has 82 valence electrons. The summed E-state index contributed by atoms with van der Waals surface area (Å²) in [5.41, 5.74) is 2.42. The van der Waals surface area contributed by atoms with Gasteiger partial charge in [-0.05, 0) is 36.1 Å². The lowest BCUT2D eigenvalue weighted by molar-refractivity contribution is 0.474. The fourth-order valence-corrected chi connectivity index (χ4v) is 2.66. The number of benzene rings is 1. The quantitative estimate of drug-likeness (QED) is 0.810. The van der Waals surface area contributed by atoms with Crippen LogP contribution in [0.15, 0.2) is 18.2 Å². The van der Waals surface area contributed by atoms with Gasteiger partial charge in [-0.3, -0.25) is 0 Å². The number of hydrogen-bond acceptors (Lipinski definition) is 2. The molecule has 2 atom stereocenters. The molecule has 2 rings (SSSR count). The largest absolute Gasteiger partial charge is 0.508 e. The first-order valence-electron chi connectivity index (χ1n) is 5.14. The zero-order chi connectivity index (χ0) is 10.8. The third-order valence-electron chi connectivity index (χ3n) is 2.68. The summed E-state index contributed by atoms with van der Waals surface area (Å²) in [5.74, 6) is 0.948. The van der Waals surface area contributed by atoms with E-state index in [1.165, 1.54) is 11.1 Å². The summed E-state index contributed by atoms with van der Waals surface area (Å²) in [5, 5.41) is 9.33. The van der Waals surface area contributed by atoms with Gasteiger partial charge in [0.2, 0.25) is 0 Å². The summed E-state index contributed by atoms with van der Waals surface area (Å²) in [7, 11) is -0.923. The van der Waals surface area contributed by atoms with Crippen LogP contribution in [-0.4, -0.2) is 21.1 Å². The minimum atomic E-state index is -0.923. The van der Waals surface area contributed by atoms with E-state index in [0.29, 0.717) is 11.5 Å². The Morgan fingerprint density at radius 2 is 2.20 bits per heavy atom. The molecule has 0 spiro atoms. The number of phenolic OH excluding ortho intramolecular Hbond substituents is 1. The van der Waals surface area contributed by atoms with Gasteiger partial charge in [-0.15, -0.1) is 0 Å². The Kier molecular flexibility index (Phi) is 3.07. The fraction of sp³-hybridized carbons (Fsp3) is 0.455. The zero-order valence-electron chi connectivity index (χ0n) is 8.69. The molecule has 0 heterocycles. The Bertz CT molecular complexity index is 392. The van der Waals surface area contributed by atoms with E-state index in [4.69, 9.17) is 0 Å². The molecule has 0 fully saturated rings. The predicted molar refractivity (Wildman–Crippen MR) is 61.1 cm³/mol. The highest BCUT2D eigenvalue weighted by molar-refractivity contribution is 7.82. The minimum absolute atomic E-state index is 0.252. The maximum Gasteiger partial charge on any atom is 0.115 e. The summed E-state index contributed by atoms with van der Waals surface area (Å²) >= 11 is 0. The average molecular weight is 225 g/mol. The fourth-order valence-electron chi connectivity index (χ4n) is 1.96. The van der Waals surface area contributed by atoms with Gasteiger partial charge in [0, 0.05) is 11.8 Å². The van der Waals surface area contributed by atoms with Crippen LogP contribution in [0, 0.1) is 0 Å². The Morgan fingerprint density at radius 3 is 2.93 bits per heavy atom. The van der Waals surface area contributed by atoms with Gasteiger partial charge >= 0.3 is 0 Å². The molecule has 0 aromatic heterocycles. The van der Waals surface area contributed by atoms with Crippen molar-refractivity contribution in [3.8, 4) is 5.75 Å². The topological polar surface area (TPSA) is 49.3 Å². The van der Waals surface area contributed by atoms with E-state index in [2.05, 4.69) is 4.72 Å². The number of phenols is 1. The van der Waals surface area contributed by atoms with Crippen molar-refractivity contribution in [1.29, 1.82) is 0 Å². The molecule has 1 aromatic carbocycles. The summed E-state index contributed by atoms with van der Waals surface area (Å²) in [6, 6.07) is 5.70. The molecule has 1 aromatic rings. The molecule has 2 N–H and O–H groups in total. The van der Waals surface area contributed by atoms with Crippen LogP contribution in [0.4, 0.5) is 0 Å². The highest BCUT2D eigenvalue weighted by Crippen LogP contribution is 2.25. The molecule has 15 heavy (non-hydrogen) atoms. The number of nitrogens with one attached hydrogen (secondary N) is 1. The molecule has 4 heteroatoms. The maximum atomic E-state index is 11.3. The number of aromatic hydroxyl groups is 1. The van der Waals surface area contributed by atoms with Crippen molar-refractivity contribution in [2.45, 2.75) is 25.8 Å². The molecular weight excluding hydrogens is 210 g/mol. The first-order valence-corrected chi connectivity index (χ1v) is 6.46. The Labute approximate surface area is 92.1 Å². The molecule has 2 unspecified atom stereocenters. The first-order chi connectivity index (χ1) is 7.19. The molecule has 1 aliphatic rings. The molecule has 0 amide bonds. The third-order valence-corrected chi connectivity index (χ3v) is 3.80. The highest BCUT2D eigenvalue weighted by atomic mass is 32.2. The molecule has 0 radical (unpaired) electrons. The van der Waals surface area contributed by atoms with Gasteiger partial charge in [-0.2, -0.15) is 0 Å². The maximum absolute atomic E-state index is 11.3. The van der Waals surface area contributed by atoms with Crippen molar-refractivity contribution in [2.75, 3.05) is 5.75 Å². The second-order valence-electron chi connectivity index (χ2n) is 3.81. The van der Waals surface area contributed by atoms with Crippen molar-refractivity contribution in [3.05, 3.63) is 29.3 Å². The van der Waals surface area contributed by atoms with Gasteiger partial charge < -0.3 is 5.11 Å². The Morgan fingerprint density at radius 1 is 1.47 bits per heavy atom. The second-order valence-corrected chi connectivity index (χ2v) is 5.31. The van der Waals surface area contributed by atoms with E-state index < -0.39 is 11.0 Å². The third kappa shape index (κ3) is 2.38. The van der Waals surface area contributed by atoms with Crippen LogP contribution >= 0.6 is 0 Å². The van der Waals surface area contributed by atoms with E-state index in [-0.39, 0.29) is 6.04 Å². The van der Waals surface area contributed by atoms with Crippen LogP contribution in [0.3, 0.4) is 0 Å². The molecular formula is C11H15NO2S. The standard InChI is InChI=1S/C11H15NO2S/c1-2-15(14)12-10-5-8-3-4-11(13)7-9(8)6-10/h3-4,7,10,12-13H,2,5-6H2,1H3. The van der Waals surface area contributed by atoms with Crippen molar-refractivity contribution < 1.29 is 9.32 Å². The van der Waals surface area contributed by atoms with Gasteiger partial charge in [0.1, 0.15) is 5.75 Å². The van der Waals surface area contributed by atoms with Crippen LogP contribution in [0.25, 0.3) is 0 Å². The van der Waals surface area contributed by atoms with E-state index in [1.54, 1.807) is 12.1 Å². The molecule has 0 saturated heterocycles. The Balaban J connectivity index is 2.06. The SMILES string of the molecule is CCS(=O)NC1Cc2ccc(O)cc2C1. The highest BCUT2D eigenvalue weighted by Gasteiger charge is 2.22. The molecule has 1 aliphatic carbocycles. The van der Waals surface area contributed by atoms with Crippen LogP contribution in [-0.2, 0) is 23.8 Å². The molecule has 0 aliphatic heterocycles. The van der Waals surface area contributed by atoms with E-state index in [1.807, 2.05) is 13.0 Å². The zero-order valence-corrected chi connectivity index (χ0v) is 9.51. The van der Waals surface area contributed by atoms with Gasteiger partial charge in [-0.1, -0.05) is 13.0 Å². The van der Waals surface area contributed by atoms with Crippen LogP contribution < -0.4 is 4.72 Å². The normalized spacial score (nSPS) is 21.3. The molecule has 0 bridgehead atoms. The number of rotatable bonds is 3. The summed E-state index contributed by atoms with van der Waals surface area (Å²) < 4.78 is 14.4. The predicted octanol–water partition coefficient (Wildman–Crippen LogP) is 1.13. The summed E-state index contributed by atoms with van der Waals surface area (Å²) in [6.07, 6.45) is 1.76. The van der Waals surface area contributed by atoms with Gasteiger partial charge in [0.15, 0.2) is 0 Å². The van der Waals surface area contributed by atoms with E-state index >= 15 is 0 Å². The molecule has 3 nitrogen and oxygen atoms in total. The van der Waals surface area contributed by atoms with Crippen LogP contribution in [0.1, 0.15) is 18.1 Å². The molecule has 0 saturated carbocycles. The Hall–Kier alpha value is -0.870. The summed E-state index contributed by atoms with van der Waals surface area (Å²) in [4.78, 5) is 0. The number of hydrogen-bond donors (Lipinski definition) is 2. The lowest BCUT2D eigenvalue weighted by Gasteiger charge is -2.09. The number of fused-ring (bicyclic) bond motifs is 1. The van der Waals surface area contributed by atoms with Crippen LogP contribution in [0.2, 0.25) is 0 Å². The first kappa shape index (κ1) is 10.6. The lowest BCUT2D eigenvalue weighted by Crippen LogP contribution is -2.32. The smallest absolute Gasteiger partial charge is 0.115 e. The van der Waals surface area contributed by atoms with Crippen molar-refractivity contribution >= 4 is 11.0 Å². The van der Waals surface area contributed by atoms with Gasteiger partial charge in [0.05, 0.1) is 11.0 Å². The van der Waals surface area contributed by atoms with Crippen molar-refractivity contribution in [2.24, 2.45) is 0 Å². The van der Waals surface area contributed by atoms with Gasteiger partial charge in [0.25, 0.3) is 0 Å². The van der Waals surface area contributed by atoms with Crippen molar-refractivity contribution in [1.82, 2.24) is 4.72 Å². The van der Waals surface area contributed by atoms with Crippen molar-refractivity contribution in [3.63, 3.8) is 0 Å². The monoisotopic (exact) mass is 225 g/mol. The van der Waals surface area contributed by atoms with E-state index in [0.717, 1.165) is 12.8 Å². The second kappa shape index (κ2) is 4.33. The average Bonchev–Trinajstić information content (AvgIpc) is 2.59. The summed E-state index contributed by atoms with van der Waals surface area (Å²) in [6.45, 7) is 1.90. The van der Waals surface area contributed by atoms with E-state index in [9.17, 15) is 9.32 Å². The van der Waals surface area contributed by atoms with Crippen LogP contribution in [0.5, 0.6) is 5.75 Å². The minimum Gasteiger partial charge on any atom is -0.508 e.